The number of benzene rings is 1. The van der Waals surface area contributed by atoms with Crippen LogP contribution in [-0.2, 0) is 10.5 Å². The van der Waals surface area contributed by atoms with Gasteiger partial charge < -0.3 is 5.73 Å². The molecule has 19 heavy (non-hydrogen) atoms. The van der Waals surface area contributed by atoms with Crippen LogP contribution in [0.15, 0.2) is 28.7 Å². The molecule has 0 spiro atoms. The molecule has 1 atom stereocenters. The number of primary amides is 1. The van der Waals surface area contributed by atoms with Gasteiger partial charge in [0.05, 0.1) is 16.7 Å². The summed E-state index contributed by atoms with van der Waals surface area (Å²) >= 11 is 4.86. The van der Waals surface area contributed by atoms with Gasteiger partial charge >= 0.3 is 0 Å². The first kappa shape index (κ1) is 14.0. The van der Waals surface area contributed by atoms with Gasteiger partial charge in [0.15, 0.2) is 5.82 Å². The summed E-state index contributed by atoms with van der Waals surface area (Å²) in [6, 6.07) is 7.65. The Morgan fingerprint density at radius 1 is 1.53 bits per heavy atom. The summed E-state index contributed by atoms with van der Waals surface area (Å²) in [7, 11) is 0. The van der Waals surface area contributed by atoms with Crippen molar-refractivity contribution in [2.24, 2.45) is 5.73 Å². The van der Waals surface area contributed by atoms with Crippen molar-refractivity contribution in [1.29, 1.82) is 0 Å². The molecule has 2 rings (SSSR count). The van der Waals surface area contributed by atoms with E-state index in [1.165, 1.54) is 11.8 Å². The fourth-order valence-corrected chi connectivity index (χ4v) is 2.58. The number of nitrogens with zero attached hydrogens (tertiary/aromatic N) is 4. The average Bonchev–Trinajstić information content (AvgIpc) is 2.84. The van der Waals surface area contributed by atoms with Gasteiger partial charge in [-0.05, 0) is 45.4 Å². The van der Waals surface area contributed by atoms with Gasteiger partial charge in [-0.1, -0.05) is 12.1 Å². The zero-order chi connectivity index (χ0) is 13.8. The fourth-order valence-electron chi connectivity index (χ4n) is 1.39. The number of tetrazole rings is 1. The third kappa shape index (κ3) is 3.32. The van der Waals surface area contributed by atoms with Gasteiger partial charge in [0.1, 0.15) is 0 Å². The van der Waals surface area contributed by atoms with Crippen molar-refractivity contribution in [3.63, 3.8) is 0 Å². The number of aromatic nitrogens is 4. The minimum atomic E-state index is -0.343. The molecule has 1 heterocycles. The number of thioether (sulfide) groups is 1. The summed E-state index contributed by atoms with van der Waals surface area (Å²) in [4.78, 5) is 11.0. The lowest BCUT2D eigenvalue weighted by Gasteiger charge is -2.08. The third-order valence-electron chi connectivity index (χ3n) is 2.48. The van der Waals surface area contributed by atoms with Crippen molar-refractivity contribution in [3.05, 3.63) is 34.6 Å². The summed E-state index contributed by atoms with van der Waals surface area (Å²) in [6.07, 6.45) is 0. The van der Waals surface area contributed by atoms with Crippen molar-refractivity contribution in [2.45, 2.75) is 17.9 Å². The molecule has 0 bridgehead atoms. The Morgan fingerprint density at radius 2 is 2.26 bits per heavy atom. The number of halogens is 1. The van der Waals surface area contributed by atoms with E-state index >= 15 is 0 Å². The Bertz CT molecular complexity index is 588. The Balaban J connectivity index is 2.19. The number of hydrogen-bond donors (Lipinski definition) is 1. The van der Waals surface area contributed by atoms with Crippen molar-refractivity contribution >= 4 is 33.6 Å². The quantitative estimate of drug-likeness (QED) is 0.891. The Hall–Kier alpha value is -1.41. The molecule has 6 nitrogen and oxygen atoms in total. The second-order valence-corrected chi connectivity index (χ2v) is 6.00. The van der Waals surface area contributed by atoms with E-state index in [0.29, 0.717) is 11.6 Å². The van der Waals surface area contributed by atoms with E-state index in [9.17, 15) is 4.79 Å². The summed E-state index contributed by atoms with van der Waals surface area (Å²) in [5.74, 6) is 0.841. The van der Waals surface area contributed by atoms with Gasteiger partial charge in [-0.3, -0.25) is 4.79 Å². The molecule has 2 aromatic rings. The monoisotopic (exact) mass is 341 g/mol. The lowest BCUT2D eigenvalue weighted by molar-refractivity contribution is -0.117. The van der Waals surface area contributed by atoms with E-state index in [4.69, 9.17) is 5.73 Å². The summed E-state index contributed by atoms with van der Waals surface area (Å²) in [5, 5.41) is 11.3. The molecule has 2 N–H and O–H groups in total. The number of carbonyl (C=O) groups is 1. The molecular formula is C11H12BrN5OS. The first-order chi connectivity index (χ1) is 9.09. The highest BCUT2D eigenvalue weighted by atomic mass is 79.9. The summed E-state index contributed by atoms with van der Waals surface area (Å²) in [6.45, 7) is 1.76. The first-order valence-electron chi connectivity index (χ1n) is 5.52. The van der Waals surface area contributed by atoms with Crippen molar-refractivity contribution < 1.29 is 4.79 Å². The zero-order valence-electron chi connectivity index (χ0n) is 10.2. The molecule has 0 aliphatic heterocycles. The number of para-hydroxylation sites is 1. The smallest absolute Gasteiger partial charge is 0.230 e. The summed E-state index contributed by atoms with van der Waals surface area (Å²) in [5.41, 5.74) is 6.08. The molecule has 0 fully saturated rings. The van der Waals surface area contributed by atoms with Crippen molar-refractivity contribution in [1.82, 2.24) is 20.2 Å². The van der Waals surface area contributed by atoms with Gasteiger partial charge in [0, 0.05) is 4.47 Å². The fraction of sp³-hybridized carbons (Fsp3) is 0.273. The zero-order valence-corrected chi connectivity index (χ0v) is 12.6. The second kappa shape index (κ2) is 6.16. The molecule has 1 amide bonds. The molecule has 100 valence electrons. The van der Waals surface area contributed by atoms with Gasteiger partial charge in [-0.25, -0.2) is 0 Å². The standard InChI is InChI=1S/C11H12BrN5OS/c1-7(11(13)18)19-6-10-14-15-16-17(10)9-5-3-2-4-8(9)12/h2-5,7H,6H2,1H3,(H2,13,18)/t7-/m0/s1. The number of rotatable bonds is 5. The van der Waals surface area contributed by atoms with E-state index in [1.54, 1.807) is 11.6 Å². The molecular weight excluding hydrogens is 330 g/mol. The molecule has 0 saturated carbocycles. The normalized spacial score (nSPS) is 12.3. The number of amides is 1. The number of hydrogen-bond acceptors (Lipinski definition) is 5. The lowest BCUT2D eigenvalue weighted by Crippen LogP contribution is -2.23. The summed E-state index contributed by atoms with van der Waals surface area (Å²) < 4.78 is 2.54. The van der Waals surface area contributed by atoms with Crippen LogP contribution in [0.1, 0.15) is 12.7 Å². The molecule has 1 aromatic carbocycles. The van der Waals surface area contributed by atoms with Gasteiger partial charge in [0.2, 0.25) is 5.91 Å². The topological polar surface area (TPSA) is 86.7 Å². The van der Waals surface area contributed by atoms with Crippen LogP contribution in [0.25, 0.3) is 5.69 Å². The molecule has 1 aromatic heterocycles. The predicted octanol–water partition coefficient (Wildman–Crippen LogP) is 1.53. The second-order valence-electron chi connectivity index (χ2n) is 3.81. The van der Waals surface area contributed by atoms with E-state index in [0.717, 1.165) is 10.2 Å². The highest BCUT2D eigenvalue weighted by molar-refractivity contribution is 9.10. The lowest BCUT2D eigenvalue weighted by atomic mass is 10.3. The Labute approximate surface area is 122 Å². The van der Waals surface area contributed by atoms with E-state index in [-0.39, 0.29) is 11.2 Å². The van der Waals surface area contributed by atoms with Crippen LogP contribution in [0.4, 0.5) is 0 Å². The predicted molar refractivity (Wildman–Crippen MR) is 76.8 cm³/mol. The minimum Gasteiger partial charge on any atom is -0.369 e. The van der Waals surface area contributed by atoms with Gasteiger partial charge in [-0.15, -0.1) is 16.9 Å². The van der Waals surface area contributed by atoms with Crippen LogP contribution < -0.4 is 5.73 Å². The average molecular weight is 342 g/mol. The number of carbonyl (C=O) groups excluding carboxylic acids is 1. The largest absolute Gasteiger partial charge is 0.369 e. The van der Waals surface area contributed by atoms with Crippen LogP contribution in [-0.4, -0.2) is 31.4 Å². The molecule has 0 unspecified atom stereocenters. The van der Waals surface area contributed by atoms with Crippen LogP contribution >= 0.6 is 27.7 Å². The van der Waals surface area contributed by atoms with Gasteiger partial charge in [0.25, 0.3) is 0 Å². The maximum Gasteiger partial charge on any atom is 0.230 e. The van der Waals surface area contributed by atoms with E-state index < -0.39 is 0 Å². The first-order valence-corrected chi connectivity index (χ1v) is 7.37. The molecule has 0 saturated heterocycles. The Morgan fingerprint density at radius 3 is 2.95 bits per heavy atom. The van der Waals surface area contributed by atoms with Gasteiger partial charge in [-0.2, -0.15) is 4.68 Å². The van der Waals surface area contributed by atoms with E-state index in [1.807, 2.05) is 24.3 Å². The highest BCUT2D eigenvalue weighted by Crippen LogP contribution is 2.22. The minimum absolute atomic E-state index is 0.274. The number of nitrogens with two attached hydrogens (primary N) is 1. The van der Waals surface area contributed by atoms with Crippen molar-refractivity contribution in [3.8, 4) is 5.69 Å². The third-order valence-corrected chi connectivity index (χ3v) is 4.31. The maximum atomic E-state index is 11.0. The molecule has 0 aliphatic rings. The van der Waals surface area contributed by atoms with Crippen LogP contribution in [0.2, 0.25) is 0 Å². The van der Waals surface area contributed by atoms with Crippen LogP contribution in [0, 0.1) is 0 Å². The highest BCUT2D eigenvalue weighted by Gasteiger charge is 2.14. The molecule has 8 heteroatoms. The van der Waals surface area contributed by atoms with E-state index in [2.05, 4.69) is 31.5 Å². The Kier molecular flexibility index (Phi) is 4.54. The molecule has 0 aliphatic carbocycles. The SMILES string of the molecule is C[C@H](SCc1nnnn1-c1ccccc1Br)C(N)=O. The van der Waals surface area contributed by atoms with Crippen molar-refractivity contribution in [2.75, 3.05) is 0 Å². The van der Waals surface area contributed by atoms with Crippen LogP contribution in [0.5, 0.6) is 0 Å². The maximum absolute atomic E-state index is 11.0. The molecule has 0 radical (unpaired) electrons. The van der Waals surface area contributed by atoms with Crippen LogP contribution in [0.3, 0.4) is 0 Å².